The molecule has 19 heavy (non-hydrogen) atoms. The van der Waals surface area contributed by atoms with E-state index in [0.717, 1.165) is 18.4 Å². The Balaban J connectivity index is 2.08. The third-order valence-electron chi connectivity index (χ3n) is 4.55. The van der Waals surface area contributed by atoms with Gasteiger partial charge in [0.2, 0.25) is 0 Å². The number of thiophene rings is 1. The van der Waals surface area contributed by atoms with Crippen LogP contribution < -0.4 is 5.32 Å². The molecule has 1 saturated carbocycles. The number of hydrogen-bond acceptors (Lipinski definition) is 2. The van der Waals surface area contributed by atoms with Crippen molar-refractivity contribution in [3.8, 4) is 0 Å². The molecule has 1 aliphatic carbocycles. The molecule has 1 aromatic heterocycles. The molecule has 3 atom stereocenters. The molecule has 2 rings (SSSR count). The molecule has 0 saturated heterocycles. The fourth-order valence-corrected chi connectivity index (χ4v) is 4.47. The maximum Gasteiger partial charge on any atom is 0.0443 e. The fourth-order valence-electron chi connectivity index (χ4n) is 3.43. The lowest BCUT2D eigenvalue weighted by molar-refractivity contribution is 0.211. The summed E-state index contributed by atoms with van der Waals surface area (Å²) in [4.78, 5) is 3.01. The zero-order chi connectivity index (χ0) is 13.7. The lowest BCUT2D eigenvalue weighted by Crippen LogP contribution is -2.31. The van der Waals surface area contributed by atoms with Crippen LogP contribution in [-0.2, 0) is 0 Å². The highest BCUT2D eigenvalue weighted by atomic mass is 32.1. The van der Waals surface area contributed by atoms with Gasteiger partial charge in [-0.25, -0.2) is 0 Å². The molecule has 1 heterocycles. The van der Waals surface area contributed by atoms with Crippen LogP contribution in [0.2, 0.25) is 0 Å². The van der Waals surface area contributed by atoms with Gasteiger partial charge in [0.25, 0.3) is 0 Å². The van der Waals surface area contributed by atoms with Crippen LogP contribution in [0.5, 0.6) is 0 Å². The molecular formula is C17H29NS. The summed E-state index contributed by atoms with van der Waals surface area (Å²) in [5.41, 5.74) is 0. The standard InChI is InChI=1S/C17H29NS/c1-4-11-18-17(16-10-9-13(3)19-16)15-8-6-7-14(5-2)12-15/h9-10,14-15,17-18H,4-8,11-12H2,1-3H3. The third kappa shape index (κ3) is 4.06. The molecule has 0 bridgehead atoms. The van der Waals surface area contributed by atoms with Gasteiger partial charge in [-0.15, -0.1) is 11.3 Å². The van der Waals surface area contributed by atoms with E-state index in [2.05, 4.69) is 38.2 Å². The second kappa shape index (κ2) is 7.44. The van der Waals surface area contributed by atoms with Crippen molar-refractivity contribution in [2.75, 3.05) is 6.54 Å². The summed E-state index contributed by atoms with van der Waals surface area (Å²) in [6, 6.07) is 5.23. The van der Waals surface area contributed by atoms with Crippen molar-refractivity contribution >= 4 is 11.3 Å². The molecule has 0 aliphatic heterocycles. The van der Waals surface area contributed by atoms with Crippen molar-refractivity contribution in [2.45, 2.75) is 65.3 Å². The maximum atomic E-state index is 3.82. The van der Waals surface area contributed by atoms with E-state index in [1.54, 1.807) is 4.88 Å². The van der Waals surface area contributed by atoms with Gasteiger partial charge in [-0.2, -0.15) is 0 Å². The number of hydrogen-bond donors (Lipinski definition) is 1. The first-order valence-electron chi connectivity index (χ1n) is 8.04. The van der Waals surface area contributed by atoms with Gasteiger partial charge in [0.15, 0.2) is 0 Å². The van der Waals surface area contributed by atoms with Gasteiger partial charge in [-0.1, -0.05) is 33.1 Å². The number of nitrogens with one attached hydrogen (secondary N) is 1. The van der Waals surface area contributed by atoms with Crippen LogP contribution in [0.1, 0.15) is 68.2 Å². The molecule has 0 aromatic carbocycles. The molecule has 1 N–H and O–H groups in total. The van der Waals surface area contributed by atoms with Crippen LogP contribution in [0.15, 0.2) is 12.1 Å². The minimum atomic E-state index is 0.605. The summed E-state index contributed by atoms with van der Waals surface area (Å²) < 4.78 is 0. The Morgan fingerprint density at radius 1 is 1.32 bits per heavy atom. The predicted molar refractivity (Wildman–Crippen MR) is 85.8 cm³/mol. The van der Waals surface area contributed by atoms with Crippen LogP contribution in [0.25, 0.3) is 0 Å². The summed E-state index contributed by atoms with van der Waals surface area (Å²) in [6.45, 7) is 7.99. The molecule has 3 unspecified atom stereocenters. The van der Waals surface area contributed by atoms with E-state index in [-0.39, 0.29) is 0 Å². The van der Waals surface area contributed by atoms with E-state index in [9.17, 15) is 0 Å². The molecule has 1 nitrogen and oxygen atoms in total. The Bertz CT molecular complexity index is 371. The van der Waals surface area contributed by atoms with Gasteiger partial charge in [-0.3, -0.25) is 0 Å². The third-order valence-corrected chi connectivity index (χ3v) is 5.64. The van der Waals surface area contributed by atoms with E-state index in [1.807, 2.05) is 11.3 Å². The average molecular weight is 279 g/mol. The van der Waals surface area contributed by atoms with Gasteiger partial charge in [0.05, 0.1) is 0 Å². The first kappa shape index (κ1) is 15.1. The van der Waals surface area contributed by atoms with Gasteiger partial charge in [0, 0.05) is 15.8 Å². The van der Waals surface area contributed by atoms with E-state index in [1.165, 1.54) is 43.4 Å². The van der Waals surface area contributed by atoms with Crippen LogP contribution >= 0.6 is 11.3 Å². The Kier molecular flexibility index (Phi) is 5.90. The zero-order valence-corrected chi connectivity index (χ0v) is 13.6. The highest BCUT2D eigenvalue weighted by Crippen LogP contribution is 2.40. The first-order valence-corrected chi connectivity index (χ1v) is 8.86. The smallest absolute Gasteiger partial charge is 0.0443 e. The van der Waals surface area contributed by atoms with Crippen LogP contribution in [-0.4, -0.2) is 6.54 Å². The summed E-state index contributed by atoms with van der Waals surface area (Å²) in [5, 5.41) is 3.82. The Labute approximate surface area is 122 Å². The minimum Gasteiger partial charge on any atom is -0.309 e. The van der Waals surface area contributed by atoms with E-state index < -0.39 is 0 Å². The van der Waals surface area contributed by atoms with Gasteiger partial charge in [-0.05, 0) is 56.7 Å². The molecule has 0 spiro atoms. The normalized spacial score (nSPS) is 25.4. The SMILES string of the molecule is CCCNC(c1ccc(C)s1)C1CCCC(CC)C1. The fraction of sp³-hybridized carbons (Fsp3) is 0.765. The van der Waals surface area contributed by atoms with E-state index >= 15 is 0 Å². The molecule has 108 valence electrons. The van der Waals surface area contributed by atoms with Crippen molar-refractivity contribution < 1.29 is 0 Å². The predicted octanol–water partition coefficient (Wildman–Crippen LogP) is 5.31. The molecule has 0 radical (unpaired) electrons. The molecule has 2 heteroatoms. The quantitative estimate of drug-likeness (QED) is 0.743. The average Bonchev–Trinajstić information content (AvgIpc) is 2.86. The van der Waals surface area contributed by atoms with Crippen molar-refractivity contribution in [1.29, 1.82) is 0 Å². The summed E-state index contributed by atoms with van der Waals surface area (Å²) >= 11 is 1.99. The summed E-state index contributed by atoms with van der Waals surface area (Å²) in [5.74, 6) is 1.81. The zero-order valence-electron chi connectivity index (χ0n) is 12.7. The second-order valence-corrected chi connectivity index (χ2v) is 7.40. The number of aryl methyl sites for hydroxylation is 1. The van der Waals surface area contributed by atoms with Crippen molar-refractivity contribution in [3.05, 3.63) is 21.9 Å². The highest BCUT2D eigenvalue weighted by Gasteiger charge is 2.29. The Hall–Kier alpha value is -0.340. The molecule has 1 aromatic rings. The van der Waals surface area contributed by atoms with Gasteiger partial charge in [0.1, 0.15) is 0 Å². The molecular weight excluding hydrogens is 250 g/mol. The largest absolute Gasteiger partial charge is 0.309 e. The van der Waals surface area contributed by atoms with Gasteiger partial charge < -0.3 is 5.32 Å². The lowest BCUT2D eigenvalue weighted by atomic mass is 9.76. The van der Waals surface area contributed by atoms with Crippen molar-refractivity contribution in [3.63, 3.8) is 0 Å². The summed E-state index contributed by atoms with van der Waals surface area (Å²) in [6.07, 6.45) is 8.31. The van der Waals surface area contributed by atoms with Crippen LogP contribution in [0, 0.1) is 18.8 Å². The molecule has 1 fully saturated rings. The summed E-state index contributed by atoms with van der Waals surface area (Å²) in [7, 11) is 0. The van der Waals surface area contributed by atoms with Gasteiger partial charge >= 0.3 is 0 Å². The van der Waals surface area contributed by atoms with Crippen LogP contribution in [0.4, 0.5) is 0 Å². The van der Waals surface area contributed by atoms with E-state index in [0.29, 0.717) is 6.04 Å². The first-order chi connectivity index (χ1) is 9.24. The Morgan fingerprint density at radius 3 is 2.79 bits per heavy atom. The Morgan fingerprint density at radius 2 is 2.16 bits per heavy atom. The monoisotopic (exact) mass is 279 g/mol. The number of rotatable bonds is 6. The topological polar surface area (TPSA) is 12.0 Å². The van der Waals surface area contributed by atoms with E-state index in [4.69, 9.17) is 0 Å². The molecule has 0 amide bonds. The van der Waals surface area contributed by atoms with Crippen molar-refractivity contribution in [1.82, 2.24) is 5.32 Å². The lowest BCUT2D eigenvalue weighted by Gasteiger charge is -2.34. The highest BCUT2D eigenvalue weighted by molar-refractivity contribution is 7.12. The maximum absolute atomic E-state index is 3.82. The van der Waals surface area contributed by atoms with Crippen molar-refractivity contribution in [2.24, 2.45) is 11.8 Å². The minimum absolute atomic E-state index is 0.605. The second-order valence-electron chi connectivity index (χ2n) is 6.08. The molecule has 1 aliphatic rings. The van der Waals surface area contributed by atoms with Crippen LogP contribution in [0.3, 0.4) is 0 Å².